The Labute approximate surface area is 76.0 Å². The minimum atomic E-state index is -3.74. The molecule has 0 radical (unpaired) electrons. The molecule has 0 saturated carbocycles. The Kier molecular flexibility index (Phi) is 5.57. The van der Waals surface area contributed by atoms with Crippen molar-refractivity contribution in [2.75, 3.05) is 14.2 Å². The molecule has 0 heterocycles. The molecule has 0 unspecified atom stereocenters. The van der Waals surface area contributed by atoms with Crippen molar-refractivity contribution in [2.24, 2.45) is 0 Å². The van der Waals surface area contributed by atoms with E-state index in [4.69, 9.17) is 0 Å². The maximum Gasteiger partial charge on any atom is 0.510 e. The van der Waals surface area contributed by atoms with Gasteiger partial charge < -0.3 is 0 Å². The first-order chi connectivity index (χ1) is 6.08. The highest BCUT2D eigenvalue weighted by Crippen LogP contribution is 2.47. The summed E-state index contributed by atoms with van der Waals surface area (Å²) in [5.41, 5.74) is 0. The Balaban J connectivity index is 4.00. The number of hydrogen-bond donors (Lipinski definition) is 0. The third-order valence-electron chi connectivity index (χ3n) is 0.961. The van der Waals surface area contributed by atoms with Crippen molar-refractivity contribution in [1.82, 2.24) is 0 Å². The first-order valence-electron chi connectivity index (χ1n) is 3.32. The molecule has 0 rings (SSSR count). The van der Waals surface area contributed by atoms with Crippen LogP contribution in [-0.4, -0.2) is 20.2 Å². The minimum absolute atomic E-state index is 0.795. The van der Waals surface area contributed by atoms with Crippen LogP contribution in [0.15, 0.2) is 12.2 Å². The van der Waals surface area contributed by atoms with Gasteiger partial charge in [-0.3, -0.25) is 13.9 Å². The van der Waals surface area contributed by atoms with Gasteiger partial charge in [0.15, 0.2) is 0 Å². The summed E-state index contributed by atoms with van der Waals surface area (Å²) in [4.78, 5) is 14.7. The summed E-state index contributed by atoms with van der Waals surface area (Å²) in [5, 5.41) is 0. The lowest BCUT2D eigenvalue weighted by molar-refractivity contribution is -0.217. The first kappa shape index (κ1) is 12.3. The van der Waals surface area contributed by atoms with Crippen molar-refractivity contribution in [3.8, 4) is 0 Å². The van der Waals surface area contributed by atoms with E-state index in [-0.39, 0.29) is 0 Å². The second-order valence-corrected chi connectivity index (χ2v) is 3.56. The third-order valence-corrected chi connectivity index (χ3v) is 2.11. The average Bonchev–Trinajstić information content (AvgIpc) is 2.15. The molecule has 0 aromatic rings. The van der Waals surface area contributed by atoms with E-state index in [1.807, 2.05) is 0 Å². The molecule has 0 N–H and O–H groups in total. The van der Waals surface area contributed by atoms with E-state index in [1.54, 1.807) is 6.92 Å². The fourth-order valence-corrected chi connectivity index (χ4v) is 0.817. The van der Waals surface area contributed by atoms with Crippen LogP contribution in [0.4, 0.5) is 0 Å². The van der Waals surface area contributed by atoms with Crippen LogP contribution in [0.25, 0.3) is 0 Å². The number of rotatable bonds is 5. The molecule has 0 fully saturated rings. The number of hydrogen-bond acceptors (Lipinski definition) is 6. The predicted octanol–water partition coefficient (Wildman–Crippen LogP) is 1.44. The summed E-state index contributed by atoms with van der Waals surface area (Å²) >= 11 is 0. The van der Waals surface area contributed by atoms with Gasteiger partial charge in [0.1, 0.15) is 0 Å². The van der Waals surface area contributed by atoms with Gasteiger partial charge in [0.05, 0.1) is 0 Å². The largest absolute Gasteiger partial charge is 0.510 e. The van der Waals surface area contributed by atoms with Gasteiger partial charge >= 0.3 is 13.8 Å². The molecule has 0 aromatic heterocycles. The highest BCUT2D eigenvalue weighted by molar-refractivity contribution is 7.48. The van der Waals surface area contributed by atoms with E-state index in [0.717, 1.165) is 20.3 Å². The third kappa shape index (κ3) is 4.80. The maximum atomic E-state index is 11.1. The maximum absolute atomic E-state index is 11.1. The van der Waals surface area contributed by atoms with E-state index in [9.17, 15) is 9.36 Å². The molecule has 7 heteroatoms. The highest BCUT2D eigenvalue weighted by atomic mass is 31.2. The van der Waals surface area contributed by atoms with Crippen LogP contribution in [0, 0.1) is 0 Å². The fourth-order valence-electron chi connectivity index (χ4n) is 0.382. The van der Waals surface area contributed by atoms with Crippen LogP contribution >= 0.6 is 7.82 Å². The van der Waals surface area contributed by atoms with Crippen molar-refractivity contribution in [1.29, 1.82) is 0 Å². The Morgan fingerprint density at radius 1 is 1.31 bits per heavy atom. The number of phosphoric acid groups is 1. The predicted molar refractivity (Wildman–Crippen MR) is 43.6 cm³/mol. The topological polar surface area (TPSA) is 71.1 Å². The summed E-state index contributed by atoms with van der Waals surface area (Å²) in [6.07, 6.45) is 2.53. The van der Waals surface area contributed by atoms with Gasteiger partial charge in [-0.25, -0.2) is 9.36 Å². The summed E-state index contributed by atoms with van der Waals surface area (Å²) in [6.45, 7) is 1.62. The van der Waals surface area contributed by atoms with E-state index < -0.39 is 13.8 Å². The molecule has 0 saturated heterocycles. The molecule has 0 amide bonds. The Morgan fingerprint density at radius 3 is 2.23 bits per heavy atom. The number of phosphoric ester groups is 1. The lowest BCUT2D eigenvalue weighted by Gasteiger charge is -2.09. The first-order valence-corrected chi connectivity index (χ1v) is 4.78. The van der Waals surface area contributed by atoms with E-state index in [1.165, 1.54) is 6.08 Å². The summed E-state index contributed by atoms with van der Waals surface area (Å²) in [5.74, 6) is -0.795. The Bertz CT molecular complexity index is 227. The van der Waals surface area contributed by atoms with E-state index >= 15 is 0 Å². The van der Waals surface area contributed by atoms with E-state index in [2.05, 4.69) is 18.6 Å². The van der Waals surface area contributed by atoms with Crippen molar-refractivity contribution in [3.05, 3.63) is 12.2 Å². The molecule has 0 bridgehead atoms. The average molecular weight is 210 g/mol. The van der Waals surface area contributed by atoms with Gasteiger partial charge in [-0.1, -0.05) is 10.8 Å². The zero-order valence-corrected chi connectivity index (χ0v) is 8.45. The van der Waals surface area contributed by atoms with Crippen LogP contribution in [0.3, 0.4) is 0 Å². The minimum Gasteiger partial charge on any atom is -0.288 e. The zero-order valence-electron chi connectivity index (χ0n) is 7.55. The number of carbonyl (C=O) groups excluding carboxylic acids is 1. The summed E-state index contributed by atoms with van der Waals surface area (Å²) < 4.78 is 23.9. The Hall–Kier alpha value is -0.680. The van der Waals surface area contributed by atoms with Crippen LogP contribution in [0.1, 0.15) is 6.92 Å². The molecule has 0 atom stereocenters. The van der Waals surface area contributed by atoms with Crippen molar-refractivity contribution < 1.29 is 28.0 Å². The molecule has 0 aromatic carbocycles. The zero-order chi connectivity index (χ0) is 10.3. The van der Waals surface area contributed by atoms with Gasteiger partial charge in [0, 0.05) is 20.3 Å². The molecular weight excluding hydrogens is 199 g/mol. The summed E-state index contributed by atoms with van der Waals surface area (Å²) in [6, 6.07) is 0. The normalized spacial score (nSPS) is 11.9. The quantitative estimate of drug-likeness (QED) is 0.296. The van der Waals surface area contributed by atoms with Crippen LogP contribution < -0.4 is 0 Å². The van der Waals surface area contributed by atoms with Crippen LogP contribution in [0.5, 0.6) is 0 Å². The number of carbonyl (C=O) groups is 1. The molecule has 0 aliphatic heterocycles. The SMILES string of the molecule is CC=CC(=O)OOP(=O)(OC)OC. The Morgan fingerprint density at radius 2 is 1.85 bits per heavy atom. The lowest BCUT2D eigenvalue weighted by atomic mass is 10.5. The molecule has 0 spiro atoms. The van der Waals surface area contributed by atoms with Crippen molar-refractivity contribution in [3.63, 3.8) is 0 Å². The molecule has 76 valence electrons. The van der Waals surface area contributed by atoms with Gasteiger partial charge in [0.25, 0.3) is 0 Å². The molecular formula is C6H11O6P. The van der Waals surface area contributed by atoms with Crippen LogP contribution in [0.2, 0.25) is 0 Å². The highest BCUT2D eigenvalue weighted by Gasteiger charge is 2.26. The second kappa shape index (κ2) is 5.88. The standard InChI is InChI=1S/C6H11O6P/c1-4-5-6(7)11-12-13(8,9-2)10-3/h4-5H,1-3H3. The molecule has 0 aliphatic carbocycles. The van der Waals surface area contributed by atoms with Crippen molar-refractivity contribution >= 4 is 13.8 Å². The summed E-state index contributed by atoms with van der Waals surface area (Å²) in [7, 11) is -1.53. The van der Waals surface area contributed by atoms with Gasteiger partial charge in [-0.2, -0.15) is 0 Å². The molecule has 0 aliphatic rings. The second-order valence-electron chi connectivity index (χ2n) is 1.79. The van der Waals surface area contributed by atoms with Gasteiger partial charge in [-0.05, 0) is 6.92 Å². The molecule has 13 heavy (non-hydrogen) atoms. The molecule has 6 nitrogen and oxygen atoms in total. The van der Waals surface area contributed by atoms with Gasteiger partial charge in [0.2, 0.25) is 0 Å². The fraction of sp³-hybridized carbons (Fsp3) is 0.500. The lowest BCUT2D eigenvalue weighted by Crippen LogP contribution is -2.02. The number of allylic oxidation sites excluding steroid dienone is 1. The smallest absolute Gasteiger partial charge is 0.288 e. The monoisotopic (exact) mass is 210 g/mol. The van der Waals surface area contributed by atoms with E-state index in [0.29, 0.717) is 0 Å². The van der Waals surface area contributed by atoms with Crippen LogP contribution in [-0.2, 0) is 28.0 Å². The van der Waals surface area contributed by atoms with Gasteiger partial charge in [-0.15, -0.1) is 0 Å². The van der Waals surface area contributed by atoms with Crippen molar-refractivity contribution in [2.45, 2.75) is 6.92 Å².